The van der Waals surface area contributed by atoms with E-state index in [0.717, 1.165) is 5.56 Å². The van der Waals surface area contributed by atoms with E-state index in [1.54, 1.807) is 18.2 Å². The second-order valence-corrected chi connectivity index (χ2v) is 6.63. The monoisotopic (exact) mass is 283 g/mol. The van der Waals surface area contributed by atoms with E-state index in [1.807, 2.05) is 13.0 Å². The van der Waals surface area contributed by atoms with Crippen LogP contribution in [0.25, 0.3) is 0 Å². The summed E-state index contributed by atoms with van der Waals surface area (Å²) in [5, 5.41) is 0. The maximum absolute atomic E-state index is 12.4. The zero-order valence-corrected chi connectivity index (χ0v) is 11.8. The molecule has 0 saturated carbocycles. The van der Waals surface area contributed by atoms with Crippen molar-refractivity contribution in [2.45, 2.75) is 18.2 Å². The number of hydrogen-bond donors (Lipinski definition) is 0. The number of sulfonamides is 1. The first-order valence-electron chi connectivity index (χ1n) is 6.10. The third-order valence-corrected chi connectivity index (χ3v) is 5.17. The number of rotatable bonds is 3. The van der Waals surface area contributed by atoms with Crippen molar-refractivity contribution in [2.75, 3.05) is 20.2 Å². The van der Waals surface area contributed by atoms with Gasteiger partial charge in [-0.25, -0.2) is 8.42 Å². The van der Waals surface area contributed by atoms with Crippen molar-refractivity contribution < 1.29 is 17.9 Å². The number of aryl methyl sites for hydroxylation is 1. The molecule has 6 heteroatoms. The Morgan fingerprint density at radius 3 is 2.79 bits per heavy atom. The van der Waals surface area contributed by atoms with Gasteiger partial charge in [0.1, 0.15) is 0 Å². The van der Waals surface area contributed by atoms with Crippen molar-refractivity contribution >= 4 is 16.0 Å². The molecule has 1 aliphatic rings. The average molecular weight is 283 g/mol. The lowest BCUT2D eigenvalue weighted by atomic mass is 10.1. The highest BCUT2D eigenvalue weighted by Crippen LogP contribution is 2.25. The first-order chi connectivity index (χ1) is 8.95. The fraction of sp³-hybridized carbons (Fsp3) is 0.462. The number of ether oxygens (including phenoxy) is 1. The molecule has 1 aliphatic heterocycles. The minimum absolute atomic E-state index is 0.197. The minimum Gasteiger partial charge on any atom is -0.469 e. The number of carbonyl (C=O) groups excluding carboxylic acids is 1. The first-order valence-corrected chi connectivity index (χ1v) is 7.54. The Morgan fingerprint density at radius 2 is 2.16 bits per heavy atom. The quantitative estimate of drug-likeness (QED) is 0.781. The Balaban J connectivity index is 2.21. The minimum atomic E-state index is -3.51. The van der Waals surface area contributed by atoms with Gasteiger partial charge >= 0.3 is 5.97 Å². The lowest BCUT2D eigenvalue weighted by Gasteiger charge is -2.16. The molecule has 1 fully saturated rings. The van der Waals surface area contributed by atoms with Gasteiger partial charge in [0.25, 0.3) is 0 Å². The molecule has 19 heavy (non-hydrogen) atoms. The molecule has 1 unspecified atom stereocenters. The number of esters is 1. The van der Waals surface area contributed by atoms with Crippen LogP contribution in [0.5, 0.6) is 0 Å². The Bertz CT molecular complexity index is 582. The van der Waals surface area contributed by atoms with Gasteiger partial charge < -0.3 is 4.74 Å². The SMILES string of the molecule is COC(=O)C1CCN(S(=O)(=O)c2cccc(C)c2)C1. The maximum atomic E-state index is 12.4. The van der Waals surface area contributed by atoms with Crippen LogP contribution in [-0.4, -0.2) is 38.9 Å². The van der Waals surface area contributed by atoms with Gasteiger partial charge in [0.15, 0.2) is 0 Å². The van der Waals surface area contributed by atoms with Gasteiger partial charge in [-0.3, -0.25) is 4.79 Å². The molecule has 1 saturated heterocycles. The van der Waals surface area contributed by atoms with Crippen LogP contribution in [-0.2, 0) is 19.6 Å². The lowest BCUT2D eigenvalue weighted by Crippen LogP contribution is -2.30. The van der Waals surface area contributed by atoms with Crippen LogP contribution in [0.2, 0.25) is 0 Å². The summed E-state index contributed by atoms with van der Waals surface area (Å²) in [4.78, 5) is 11.7. The molecule has 0 aromatic heterocycles. The lowest BCUT2D eigenvalue weighted by molar-refractivity contribution is -0.144. The number of carbonyl (C=O) groups is 1. The van der Waals surface area contributed by atoms with E-state index < -0.39 is 10.0 Å². The summed E-state index contributed by atoms with van der Waals surface area (Å²) in [5.41, 5.74) is 0.893. The van der Waals surface area contributed by atoms with Gasteiger partial charge in [0.2, 0.25) is 10.0 Å². The van der Waals surface area contributed by atoms with Gasteiger partial charge in [-0.05, 0) is 31.0 Å². The van der Waals surface area contributed by atoms with Crippen LogP contribution < -0.4 is 0 Å². The van der Waals surface area contributed by atoms with E-state index in [2.05, 4.69) is 4.74 Å². The number of methoxy groups -OCH3 is 1. The summed E-state index contributed by atoms with van der Waals surface area (Å²) in [5.74, 6) is -0.702. The molecule has 0 spiro atoms. The molecule has 5 nitrogen and oxygen atoms in total. The normalized spacial score (nSPS) is 20.4. The Labute approximate surface area is 113 Å². The van der Waals surface area contributed by atoms with E-state index in [4.69, 9.17) is 0 Å². The molecule has 2 rings (SSSR count). The topological polar surface area (TPSA) is 63.7 Å². The molecule has 0 aliphatic carbocycles. The van der Waals surface area contributed by atoms with E-state index in [9.17, 15) is 13.2 Å². The number of nitrogens with zero attached hydrogens (tertiary/aromatic N) is 1. The summed E-state index contributed by atoms with van der Waals surface area (Å²) in [6.45, 7) is 2.40. The van der Waals surface area contributed by atoms with Gasteiger partial charge in [0.05, 0.1) is 17.9 Å². The van der Waals surface area contributed by atoms with Gasteiger partial charge in [0, 0.05) is 13.1 Å². The zero-order chi connectivity index (χ0) is 14.0. The second-order valence-electron chi connectivity index (χ2n) is 4.69. The fourth-order valence-corrected chi connectivity index (χ4v) is 3.84. The molecule has 0 radical (unpaired) electrons. The van der Waals surface area contributed by atoms with Crippen LogP contribution in [0.3, 0.4) is 0 Å². The van der Waals surface area contributed by atoms with E-state index in [-0.39, 0.29) is 23.3 Å². The van der Waals surface area contributed by atoms with Gasteiger partial charge in [-0.1, -0.05) is 12.1 Å². The predicted octanol–water partition coefficient (Wildman–Crippen LogP) is 1.18. The molecular formula is C13H17NO4S. The maximum Gasteiger partial charge on any atom is 0.310 e. The van der Waals surface area contributed by atoms with Crippen molar-refractivity contribution in [2.24, 2.45) is 5.92 Å². The van der Waals surface area contributed by atoms with Crippen LogP contribution in [0.15, 0.2) is 29.2 Å². The Kier molecular flexibility index (Phi) is 3.91. The highest BCUT2D eigenvalue weighted by molar-refractivity contribution is 7.89. The highest BCUT2D eigenvalue weighted by Gasteiger charge is 2.36. The van der Waals surface area contributed by atoms with Crippen LogP contribution in [0, 0.1) is 12.8 Å². The molecule has 0 amide bonds. The molecular weight excluding hydrogens is 266 g/mol. The van der Waals surface area contributed by atoms with Crippen molar-refractivity contribution in [3.05, 3.63) is 29.8 Å². The molecule has 1 heterocycles. The fourth-order valence-electron chi connectivity index (χ4n) is 2.23. The summed E-state index contributed by atoms with van der Waals surface area (Å²) in [7, 11) is -2.19. The first kappa shape index (κ1) is 14.0. The summed E-state index contributed by atoms with van der Waals surface area (Å²) >= 11 is 0. The predicted molar refractivity (Wildman–Crippen MR) is 70.1 cm³/mol. The van der Waals surface area contributed by atoms with E-state index in [1.165, 1.54) is 11.4 Å². The van der Waals surface area contributed by atoms with Crippen LogP contribution >= 0.6 is 0 Å². The summed E-state index contributed by atoms with van der Waals surface area (Å²) in [6, 6.07) is 6.78. The van der Waals surface area contributed by atoms with Crippen molar-refractivity contribution in [3.63, 3.8) is 0 Å². The average Bonchev–Trinajstić information content (AvgIpc) is 2.88. The second kappa shape index (κ2) is 5.30. The standard InChI is InChI=1S/C13H17NO4S/c1-10-4-3-5-12(8-10)19(16,17)14-7-6-11(9-14)13(15)18-2/h3-5,8,11H,6-7,9H2,1-2H3. The van der Waals surface area contributed by atoms with Crippen LogP contribution in [0.4, 0.5) is 0 Å². The molecule has 104 valence electrons. The van der Waals surface area contributed by atoms with Gasteiger partial charge in [-0.15, -0.1) is 0 Å². The molecule has 0 N–H and O–H groups in total. The smallest absolute Gasteiger partial charge is 0.310 e. The van der Waals surface area contributed by atoms with E-state index in [0.29, 0.717) is 13.0 Å². The zero-order valence-electron chi connectivity index (χ0n) is 11.0. The van der Waals surface area contributed by atoms with Crippen molar-refractivity contribution in [1.29, 1.82) is 0 Å². The largest absolute Gasteiger partial charge is 0.469 e. The molecule has 0 bridgehead atoms. The van der Waals surface area contributed by atoms with Crippen molar-refractivity contribution in [3.8, 4) is 0 Å². The van der Waals surface area contributed by atoms with Gasteiger partial charge in [-0.2, -0.15) is 4.31 Å². The number of hydrogen-bond acceptors (Lipinski definition) is 4. The summed E-state index contributed by atoms with van der Waals surface area (Å²) < 4.78 is 30.8. The Morgan fingerprint density at radius 1 is 1.42 bits per heavy atom. The van der Waals surface area contributed by atoms with Crippen molar-refractivity contribution in [1.82, 2.24) is 4.31 Å². The van der Waals surface area contributed by atoms with E-state index >= 15 is 0 Å². The molecule has 1 aromatic rings. The summed E-state index contributed by atoms with van der Waals surface area (Å²) in [6.07, 6.45) is 0.512. The number of benzene rings is 1. The molecule has 1 atom stereocenters. The third-order valence-electron chi connectivity index (χ3n) is 3.31. The highest BCUT2D eigenvalue weighted by atomic mass is 32.2. The molecule has 1 aromatic carbocycles. The Hall–Kier alpha value is -1.40. The van der Waals surface area contributed by atoms with Crippen LogP contribution in [0.1, 0.15) is 12.0 Å². The third kappa shape index (κ3) is 2.79.